The molecule has 0 saturated carbocycles. The molecule has 4 amide bonds. The molecule has 0 heterocycles. The normalized spacial score (nSPS) is 10.2. The van der Waals surface area contributed by atoms with Crippen LogP contribution in [0.4, 0.5) is 26.7 Å². The van der Waals surface area contributed by atoms with Crippen LogP contribution in [0.5, 0.6) is 0 Å². The number of carbonyl (C=O) groups is 2. The lowest BCUT2D eigenvalue weighted by Crippen LogP contribution is -2.31. The van der Waals surface area contributed by atoms with Gasteiger partial charge in [0.15, 0.2) is 0 Å². The summed E-state index contributed by atoms with van der Waals surface area (Å²) in [5, 5.41) is 9.14. The summed E-state index contributed by atoms with van der Waals surface area (Å²) >= 11 is 12.2. The van der Waals surface area contributed by atoms with Crippen LogP contribution in [0, 0.1) is 0 Å². The summed E-state index contributed by atoms with van der Waals surface area (Å²) in [6, 6.07) is 20.6. The maximum atomic E-state index is 12.5. The van der Waals surface area contributed by atoms with Crippen LogP contribution in [0.25, 0.3) is 0 Å². The Morgan fingerprint density at radius 2 is 1.40 bits per heavy atom. The highest BCUT2D eigenvalue weighted by Crippen LogP contribution is 2.26. The van der Waals surface area contributed by atoms with Gasteiger partial charge in [-0.25, -0.2) is 9.59 Å². The fourth-order valence-corrected chi connectivity index (χ4v) is 3.09. The van der Waals surface area contributed by atoms with Crippen LogP contribution in [0.2, 0.25) is 10.0 Å². The van der Waals surface area contributed by atoms with Gasteiger partial charge in [0.05, 0.1) is 10.0 Å². The third-order valence-corrected chi connectivity index (χ3v) is 5.05. The molecule has 3 aromatic carbocycles. The third kappa shape index (κ3) is 5.89. The van der Waals surface area contributed by atoms with Crippen LogP contribution >= 0.6 is 23.2 Å². The van der Waals surface area contributed by atoms with Crippen molar-refractivity contribution in [3.63, 3.8) is 0 Å². The molecule has 30 heavy (non-hydrogen) atoms. The summed E-state index contributed by atoms with van der Waals surface area (Å²) in [6.07, 6.45) is 0. The zero-order valence-corrected chi connectivity index (χ0v) is 17.7. The molecule has 0 bridgehead atoms. The summed E-state index contributed by atoms with van der Waals surface area (Å²) in [5.74, 6) is 0. The highest BCUT2D eigenvalue weighted by Gasteiger charge is 2.13. The van der Waals surface area contributed by atoms with E-state index in [-0.39, 0.29) is 12.1 Å². The van der Waals surface area contributed by atoms with E-state index in [2.05, 4.69) is 16.0 Å². The van der Waals surface area contributed by atoms with E-state index in [0.29, 0.717) is 33.7 Å². The predicted octanol–water partition coefficient (Wildman–Crippen LogP) is 6.30. The zero-order chi connectivity index (χ0) is 21.5. The van der Waals surface area contributed by atoms with Gasteiger partial charge in [0.1, 0.15) is 0 Å². The number of carbonyl (C=O) groups excluding carboxylic acids is 2. The van der Waals surface area contributed by atoms with Crippen molar-refractivity contribution in [2.24, 2.45) is 0 Å². The Kier molecular flexibility index (Phi) is 7.17. The van der Waals surface area contributed by atoms with E-state index >= 15 is 0 Å². The summed E-state index contributed by atoms with van der Waals surface area (Å²) in [6.45, 7) is 0.294. The van der Waals surface area contributed by atoms with Crippen LogP contribution in [-0.4, -0.2) is 24.0 Å². The van der Waals surface area contributed by atoms with Crippen LogP contribution in [-0.2, 0) is 6.54 Å². The van der Waals surface area contributed by atoms with Crippen molar-refractivity contribution in [1.29, 1.82) is 0 Å². The summed E-state index contributed by atoms with van der Waals surface area (Å²) in [4.78, 5) is 26.2. The molecule has 0 saturated heterocycles. The molecule has 3 rings (SSSR count). The second-order valence-electron chi connectivity index (χ2n) is 6.53. The predicted molar refractivity (Wildman–Crippen MR) is 122 cm³/mol. The smallest absolute Gasteiger partial charge is 0.323 e. The monoisotopic (exact) mass is 442 g/mol. The first-order chi connectivity index (χ1) is 14.4. The Hall–Kier alpha value is -3.22. The van der Waals surface area contributed by atoms with Gasteiger partial charge in [0, 0.05) is 30.7 Å². The second kappa shape index (κ2) is 10.0. The number of hydrogen-bond donors (Lipinski definition) is 3. The van der Waals surface area contributed by atoms with Gasteiger partial charge in [-0.1, -0.05) is 59.6 Å². The SMILES string of the molecule is CN(Cc1cccc(Cl)c1Cl)C(=O)Nc1cccc(NC(=O)Nc2ccccc2)c1. The van der Waals surface area contributed by atoms with Gasteiger partial charge in [0.2, 0.25) is 0 Å². The fourth-order valence-electron chi connectivity index (χ4n) is 2.71. The minimum Gasteiger partial charge on any atom is -0.323 e. The number of rotatable bonds is 5. The number of benzene rings is 3. The summed E-state index contributed by atoms with van der Waals surface area (Å²) in [5.41, 5.74) is 2.51. The number of nitrogens with one attached hydrogen (secondary N) is 3. The van der Waals surface area contributed by atoms with E-state index in [1.807, 2.05) is 24.3 Å². The van der Waals surface area contributed by atoms with E-state index in [1.54, 1.807) is 55.6 Å². The van der Waals surface area contributed by atoms with Gasteiger partial charge in [0.25, 0.3) is 0 Å². The van der Waals surface area contributed by atoms with Crippen LogP contribution in [0.1, 0.15) is 5.56 Å². The van der Waals surface area contributed by atoms with Gasteiger partial charge in [-0.15, -0.1) is 0 Å². The molecular formula is C22H20Cl2N4O2. The van der Waals surface area contributed by atoms with Gasteiger partial charge in [-0.05, 0) is 42.0 Å². The van der Waals surface area contributed by atoms with Crippen molar-refractivity contribution in [1.82, 2.24) is 4.90 Å². The van der Waals surface area contributed by atoms with Crippen molar-refractivity contribution < 1.29 is 9.59 Å². The molecule has 0 aliphatic heterocycles. The maximum absolute atomic E-state index is 12.5. The number of amides is 4. The molecule has 0 atom stereocenters. The van der Waals surface area contributed by atoms with E-state index < -0.39 is 0 Å². The van der Waals surface area contributed by atoms with Gasteiger partial charge in [-0.3, -0.25) is 0 Å². The number of urea groups is 2. The number of anilines is 3. The highest BCUT2D eigenvalue weighted by atomic mass is 35.5. The molecule has 0 spiro atoms. The Balaban J connectivity index is 1.59. The lowest BCUT2D eigenvalue weighted by atomic mass is 10.2. The molecule has 3 N–H and O–H groups in total. The maximum Gasteiger partial charge on any atom is 0.323 e. The molecule has 0 unspecified atom stereocenters. The van der Waals surface area contributed by atoms with E-state index in [0.717, 1.165) is 5.56 Å². The van der Waals surface area contributed by atoms with Crippen molar-refractivity contribution in [3.05, 3.63) is 88.4 Å². The average Bonchev–Trinajstić information content (AvgIpc) is 2.72. The van der Waals surface area contributed by atoms with Gasteiger partial charge >= 0.3 is 12.1 Å². The molecule has 8 heteroatoms. The molecule has 6 nitrogen and oxygen atoms in total. The Morgan fingerprint density at radius 3 is 2.13 bits per heavy atom. The van der Waals surface area contributed by atoms with Crippen molar-refractivity contribution >= 4 is 52.3 Å². The molecule has 0 aliphatic rings. The molecular weight excluding hydrogens is 423 g/mol. The number of para-hydroxylation sites is 1. The largest absolute Gasteiger partial charge is 0.323 e. The minimum absolute atomic E-state index is 0.294. The highest BCUT2D eigenvalue weighted by molar-refractivity contribution is 6.42. The van der Waals surface area contributed by atoms with Crippen molar-refractivity contribution in [2.75, 3.05) is 23.0 Å². The lowest BCUT2D eigenvalue weighted by molar-refractivity contribution is 0.220. The molecule has 0 aromatic heterocycles. The fraction of sp³-hybridized carbons (Fsp3) is 0.0909. The molecule has 3 aromatic rings. The second-order valence-corrected chi connectivity index (χ2v) is 7.31. The van der Waals surface area contributed by atoms with Gasteiger partial charge in [-0.2, -0.15) is 0 Å². The summed E-state index contributed by atoms with van der Waals surface area (Å²) < 4.78 is 0. The first kappa shape index (κ1) is 21.5. The topological polar surface area (TPSA) is 73.5 Å². The van der Waals surface area contributed by atoms with Crippen LogP contribution in [0.15, 0.2) is 72.8 Å². The van der Waals surface area contributed by atoms with E-state index in [1.165, 1.54) is 4.90 Å². The molecule has 0 radical (unpaired) electrons. The van der Waals surface area contributed by atoms with E-state index in [4.69, 9.17) is 23.2 Å². The molecule has 154 valence electrons. The number of hydrogen-bond acceptors (Lipinski definition) is 2. The third-order valence-electron chi connectivity index (χ3n) is 4.19. The van der Waals surface area contributed by atoms with Crippen molar-refractivity contribution in [3.8, 4) is 0 Å². The quantitative estimate of drug-likeness (QED) is 0.433. The number of halogens is 2. The molecule has 0 fully saturated rings. The van der Waals surface area contributed by atoms with Crippen LogP contribution < -0.4 is 16.0 Å². The Bertz CT molecular complexity index is 1040. The number of nitrogens with zero attached hydrogens (tertiary/aromatic N) is 1. The lowest BCUT2D eigenvalue weighted by Gasteiger charge is -2.19. The average molecular weight is 443 g/mol. The Labute approximate surface area is 184 Å². The standard InChI is InChI=1S/C22H20Cl2N4O2/c1-28(14-15-7-5-12-19(23)20(15)24)22(30)27-18-11-6-10-17(13-18)26-21(29)25-16-8-3-2-4-9-16/h2-13H,14H2,1H3,(H,27,30)(H2,25,26,29). The van der Waals surface area contributed by atoms with Crippen molar-refractivity contribution in [2.45, 2.75) is 6.54 Å². The van der Waals surface area contributed by atoms with Gasteiger partial charge < -0.3 is 20.9 Å². The minimum atomic E-state index is -0.377. The van der Waals surface area contributed by atoms with Crippen LogP contribution in [0.3, 0.4) is 0 Å². The zero-order valence-electron chi connectivity index (χ0n) is 16.2. The Morgan fingerprint density at radius 1 is 0.800 bits per heavy atom. The van der Waals surface area contributed by atoms with E-state index in [9.17, 15) is 9.59 Å². The first-order valence-electron chi connectivity index (χ1n) is 9.10. The summed E-state index contributed by atoms with van der Waals surface area (Å²) in [7, 11) is 1.65. The molecule has 0 aliphatic carbocycles. The first-order valence-corrected chi connectivity index (χ1v) is 9.86.